The van der Waals surface area contributed by atoms with E-state index in [1.807, 2.05) is 0 Å². The quantitative estimate of drug-likeness (QED) is 0.858. The zero-order valence-corrected chi connectivity index (χ0v) is 17.4. The Morgan fingerprint density at radius 2 is 2.21 bits per heavy atom. The second kappa shape index (κ2) is 6.20. The molecule has 6 rings (SSSR count). The van der Waals surface area contributed by atoms with Crippen LogP contribution in [0.25, 0.3) is 0 Å². The molecule has 3 atom stereocenters. The Bertz CT molecular complexity index is 921. The van der Waals surface area contributed by atoms with Crippen LogP contribution in [0.5, 0.6) is 5.75 Å². The fourth-order valence-electron chi connectivity index (χ4n) is 6.55. The molecule has 4 nitrogen and oxygen atoms in total. The molecule has 2 heterocycles. The molecule has 28 heavy (non-hydrogen) atoms. The minimum atomic E-state index is 0.205. The summed E-state index contributed by atoms with van der Waals surface area (Å²) >= 11 is 1.72. The molecule has 0 unspecified atom stereocenters. The highest BCUT2D eigenvalue weighted by Crippen LogP contribution is 2.56. The normalized spacial score (nSPS) is 31.5. The Labute approximate surface area is 171 Å². The molecule has 4 aliphatic rings. The number of thiazole rings is 1. The van der Waals surface area contributed by atoms with E-state index in [2.05, 4.69) is 23.1 Å². The SMILES string of the molecule is COc1ccc2c(c1)[C@]13CCN(CC4CCC4)[C@H](C2)[C@@H]1Cc1sc(N)nc1C3. The van der Waals surface area contributed by atoms with Crippen molar-refractivity contribution in [2.45, 2.75) is 56.4 Å². The molecule has 1 aromatic carbocycles. The second-order valence-corrected chi connectivity index (χ2v) is 10.5. The smallest absolute Gasteiger partial charge is 0.180 e. The summed E-state index contributed by atoms with van der Waals surface area (Å²) in [5, 5.41) is 0.742. The highest BCUT2D eigenvalue weighted by atomic mass is 32.1. The molecule has 0 spiro atoms. The number of piperidine rings is 1. The van der Waals surface area contributed by atoms with E-state index in [1.54, 1.807) is 18.4 Å². The predicted molar refractivity (Wildman–Crippen MR) is 113 cm³/mol. The van der Waals surface area contributed by atoms with E-state index < -0.39 is 0 Å². The van der Waals surface area contributed by atoms with Crippen molar-refractivity contribution in [1.29, 1.82) is 0 Å². The average Bonchev–Trinajstić information content (AvgIpc) is 3.02. The average molecular weight is 396 g/mol. The molecule has 1 aromatic heterocycles. The number of hydrogen-bond acceptors (Lipinski definition) is 5. The van der Waals surface area contributed by atoms with Gasteiger partial charge in [0.05, 0.1) is 12.8 Å². The Hall–Kier alpha value is -1.59. The monoisotopic (exact) mass is 395 g/mol. The first-order chi connectivity index (χ1) is 13.7. The lowest BCUT2D eigenvalue weighted by Gasteiger charge is -2.59. The van der Waals surface area contributed by atoms with Crippen LogP contribution in [0.15, 0.2) is 18.2 Å². The third-order valence-corrected chi connectivity index (χ3v) is 9.12. The summed E-state index contributed by atoms with van der Waals surface area (Å²) in [6.07, 6.45) is 8.91. The van der Waals surface area contributed by atoms with Crippen molar-refractivity contribution in [2.24, 2.45) is 11.8 Å². The van der Waals surface area contributed by atoms with Gasteiger partial charge >= 0.3 is 0 Å². The van der Waals surface area contributed by atoms with Crippen LogP contribution in [0.3, 0.4) is 0 Å². The fraction of sp³-hybridized carbons (Fsp3) is 0.609. The van der Waals surface area contributed by atoms with Crippen LogP contribution in [0.4, 0.5) is 5.13 Å². The van der Waals surface area contributed by atoms with Crippen LogP contribution in [0.1, 0.15) is 47.4 Å². The lowest BCUT2D eigenvalue weighted by molar-refractivity contribution is -0.00749. The Morgan fingerprint density at radius 3 is 3.00 bits per heavy atom. The van der Waals surface area contributed by atoms with Crippen LogP contribution in [0.2, 0.25) is 0 Å². The summed E-state index contributed by atoms with van der Waals surface area (Å²) in [5.41, 5.74) is 10.7. The summed E-state index contributed by atoms with van der Waals surface area (Å²) in [5.74, 6) is 2.60. The molecule has 2 fully saturated rings. The van der Waals surface area contributed by atoms with Gasteiger partial charge in [0.15, 0.2) is 5.13 Å². The number of hydrogen-bond donors (Lipinski definition) is 1. The van der Waals surface area contributed by atoms with Crippen LogP contribution in [-0.2, 0) is 24.7 Å². The molecular weight excluding hydrogens is 366 g/mol. The molecule has 1 aliphatic heterocycles. The van der Waals surface area contributed by atoms with E-state index in [0.29, 0.717) is 12.0 Å². The first-order valence-electron chi connectivity index (χ1n) is 10.8. The number of fused-ring (bicyclic) bond motifs is 2. The van der Waals surface area contributed by atoms with Gasteiger partial charge in [0.1, 0.15) is 5.75 Å². The van der Waals surface area contributed by atoms with Gasteiger partial charge < -0.3 is 10.5 Å². The Kier molecular flexibility index (Phi) is 3.83. The van der Waals surface area contributed by atoms with Gasteiger partial charge in [-0.1, -0.05) is 12.5 Å². The van der Waals surface area contributed by atoms with E-state index >= 15 is 0 Å². The third kappa shape index (κ3) is 2.42. The molecule has 0 amide bonds. The van der Waals surface area contributed by atoms with Gasteiger partial charge in [-0.15, -0.1) is 11.3 Å². The van der Waals surface area contributed by atoms with Gasteiger partial charge in [-0.25, -0.2) is 4.98 Å². The molecule has 148 valence electrons. The van der Waals surface area contributed by atoms with Gasteiger partial charge in [0.25, 0.3) is 0 Å². The van der Waals surface area contributed by atoms with Crippen molar-refractivity contribution in [3.63, 3.8) is 0 Å². The zero-order chi connectivity index (χ0) is 18.9. The number of rotatable bonds is 3. The lowest BCUT2D eigenvalue weighted by atomic mass is 9.52. The maximum absolute atomic E-state index is 6.12. The summed E-state index contributed by atoms with van der Waals surface area (Å²) in [4.78, 5) is 9.04. The molecule has 0 radical (unpaired) electrons. The van der Waals surface area contributed by atoms with Crippen molar-refractivity contribution < 1.29 is 4.74 Å². The number of nitrogens with two attached hydrogens (primary N) is 1. The minimum absolute atomic E-state index is 0.205. The zero-order valence-electron chi connectivity index (χ0n) is 16.6. The van der Waals surface area contributed by atoms with E-state index in [1.165, 1.54) is 66.9 Å². The van der Waals surface area contributed by atoms with E-state index in [0.717, 1.165) is 29.6 Å². The molecule has 1 saturated carbocycles. The van der Waals surface area contributed by atoms with Crippen molar-refractivity contribution >= 4 is 16.5 Å². The molecule has 2 aromatic rings. The number of methoxy groups -OCH3 is 1. The number of anilines is 1. The lowest BCUT2D eigenvalue weighted by Crippen LogP contribution is -2.63. The van der Waals surface area contributed by atoms with Crippen molar-refractivity contribution in [1.82, 2.24) is 9.88 Å². The standard InChI is InChI=1S/C23H29N3OS/c1-27-16-6-5-15-9-20-18-11-21-19(25-22(24)28-21)12-23(18,17(15)10-16)7-8-26(20)13-14-3-2-4-14/h5-6,10,14,18,20H,2-4,7-9,11-13H2,1H3,(H2,24,25)/t18-,20+,23+/m0/s1. The summed E-state index contributed by atoms with van der Waals surface area (Å²) in [6.45, 7) is 2.53. The predicted octanol–water partition coefficient (Wildman–Crippen LogP) is 3.82. The van der Waals surface area contributed by atoms with Crippen LogP contribution < -0.4 is 10.5 Å². The molecule has 2 N–H and O–H groups in total. The molecular formula is C23H29N3OS. The first-order valence-corrected chi connectivity index (χ1v) is 11.6. The number of nitrogens with zero attached hydrogens (tertiary/aromatic N) is 2. The minimum Gasteiger partial charge on any atom is -0.497 e. The maximum Gasteiger partial charge on any atom is 0.180 e. The van der Waals surface area contributed by atoms with Gasteiger partial charge in [0.2, 0.25) is 0 Å². The van der Waals surface area contributed by atoms with Crippen molar-refractivity contribution in [3.8, 4) is 5.75 Å². The summed E-state index contributed by atoms with van der Waals surface area (Å²) < 4.78 is 5.62. The molecule has 1 saturated heterocycles. The van der Waals surface area contributed by atoms with Gasteiger partial charge in [0, 0.05) is 29.3 Å². The Balaban J connectivity index is 1.46. The first kappa shape index (κ1) is 17.3. The fourth-order valence-corrected chi connectivity index (χ4v) is 7.46. The van der Waals surface area contributed by atoms with E-state index in [-0.39, 0.29) is 5.41 Å². The number of ether oxygens (including phenoxy) is 1. The largest absolute Gasteiger partial charge is 0.497 e. The third-order valence-electron chi connectivity index (χ3n) is 8.17. The maximum atomic E-state index is 6.12. The summed E-state index contributed by atoms with van der Waals surface area (Å²) in [6, 6.07) is 7.47. The van der Waals surface area contributed by atoms with E-state index in [9.17, 15) is 0 Å². The molecule has 2 bridgehead atoms. The second-order valence-electron chi connectivity index (χ2n) is 9.40. The number of nitrogen functional groups attached to an aromatic ring is 1. The van der Waals surface area contributed by atoms with Gasteiger partial charge in [-0.2, -0.15) is 0 Å². The highest BCUT2D eigenvalue weighted by Gasteiger charge is 2.55. The van der Waals surface area contributed by atoms with E-state index in [4.69, 9.17) is 15.5 Å². The number of likely N-dealkylation sites (tertiary alicyclic amines) is 1. The number of benzene rings is 1. The Morgan fingerprint density at radius 1 is 1.32 bits per heavy atom. The van der Waals surface area contributed by atoms with Gasteiger partial charge in [-0.05, 0) is 73.7 Å². The van der Waals surface area contributed by atoms with Crippen LogP contribution in [0, 0.1) is 11.8 Å². The van der Waals surface area contributed by atoms with Crippen molar-refractivity contribution in [3.05, 3.63) is 39.9 Å². The molecule has 5 heteroatoms. The number of aromatic nitrogens is 1. The van der Waals surface area contributed by atoms with Crippen LogP contribution >= 0.6 is 11.3 Å². The topological polar surface area (TPSA) is 51.4 Å². The van der Waals surface area contributed by atoms with Crippen LogP contribution in [-0.4, -0.2) is 36.1 Å². The summed E-state index contributed by atoms with van der Waals surface area (Å²) in [7, 11) is 1.78. The van der Waals surface area contributed by atoms with Gasteiger partial charge in [-0.3, -0.25) is 4.90 Å². The molecule has 3 aliphatic carbocycles. The highest BCUT2D eigenvalue weighted by molar-refractivity contribution is 7.15. The van der Waals surface area contributed by atoms with Crippen molar-refractivity contribution in [2.75, 3.05) is 25.9 Å².